The van der Waals surface area contributed by atoms with E-state index in [0.717, 1.165) is 17.2 Å². The molecular weight excluding hydrogens is 258 g/mol. The number of aromatic nitrogens is 3. The Morgan fingerprint density at radius 1 is 1.29 bits per heavy atom. The normalized spacial score (nSPS) is 11.2. The van der Waals surface area contributed by atoms with E-state index < -0.39 is 0 Å². The van der Waals surface area contributed by atoms with Crippen LogP contribution in [-0.4, -0.2) is 13.7 Å². The molecule has 0 fully saturated rings. The Kier molecular flexibility index (Phi) is 2.31. The summed E-state index contributed by atoms with van der Waals surface area (Å²) in [5.41, 5.74) is 1.77. The molecule has 0 N–H and O–H groups in total. The van der Waals surface area contributed by atoms with Crippen LogP contribution in [0.2, 0.25) is 4.34 Å². The number of fused-ring (bicyclic) bond motifs is 1. The van der Waals surface area contributed by atoms with Gasteiger partial charge in [-0.15, -0.1) is 0 Å². The van der Waals surface area contributed by atoms with Crippen molar-refractivity contribution in [2.24, 2.45) is 7.05 Å². The number of aryl methyl sites for hydroxylation is 1. The van der Waals surface area contributed by atoms with Crippen molar-refractivity contribution in [3.05, 3.63) is 45.0 Å². The van der Waals surface area contributed by atoms with Gasteiger partial charge in [0.05, 0.1) is 5.69 Å². The van der Waals surface area contributed by atoms with E-state index in [1.165, 1.54) is 0 Å². The molecule has 1 aromatic carbocycles. The Bertz CT molecular complexity index is 741. The van der Waals surface area contributed by atoms with Gasteiger partial charge < -0.3 is 0 Å². The molecule has 0 aliphatic heterocycles. The highest BCUT2D eigenvalue weighted by Crippen LogP contribution is 2.25. The molecule has 0 aliphatic rings. The molecule has 4 nitrogen and oxygen atoms in total. The topological polar surface area (TPSA) is 39.8 Å². The van der Waals surface area contributed by atoms with Crippen molar-refractivity contribution in [2.75, 3.05) is 0 Å². The maximum Gasteiger partial charge on any atom is 0.299 e. The molecule has 0 radical (unpaired) electrons. The van der Waals surface area contributed by atoms with Crippen LogP contribution in [0.5, 0.6) is 0 Å². The van der Waals surface area contributed by atoms with Crippen molar-refractivity contribution < 1.29 is 0 Å². The quantitative estimate of drug-likeness (QED) is 0.678. The number of benzene rings is 1. The van der Waals surface area contributed by atoms with E-state index >= 15 is 0 Å². The zero-order valence-electron chi connectivity index (χ0n) is 8.92. The molecular formula is C11H8ClN3OS. The van der Waals surface area contributed by atoms with Gasteiger partial charge >= 0.3 is 0 Å². The predicted molar refractivity (Wildman–Crippen MR) is 69.2 cm³/mol. The first-order valence-corrected chi connectivity index (χ1v) is 6.13. The number of nitrogens with zero attached hydrogens (tertiary/aromatic N) is 3. The van der Waals surface area contributed by atoms with Crippen LogP contribution in [0.25, 0.3) is 16.7 Å². The van der Waals surface area contributed by atoms with Gasteiger partial charge in [0.1, 0.15) is 9.85 Å². The molecule has 2 heterocycles. The Morgan fingerprint density at radius 2 is 2.00 bits per heavy atom. The van der Waals surface area contributed by atoms with Crippen LogP contribution in [0, 0.1) is 0 Å². The average Bonchev–Trinajstić information content (AvgIpc) is 2.82. The first kappa shape index (κ1) is 10.6. The van der Waals surface area contributed by atoms with Crippen molar-refractivity contribution in [3.8, 4) is 5.69 Å². The summed E-state index contributed by atoms with van der Waals surface area (Å²) >= 11 is 7.17. The molecule has 0 spiro atoms. The second kappa shape index (κ2) is 3.72. The Morgan fingerprint density at radius 3 is 2.65 bits per heavy atom. The van der Waals surface area contributed by atoms with E-state index in [-0.39, 0.29) is 5.56 Å². The summed E-state index contributed by atoms with van der Waals surface area (Å²) in [5, 5.41) is 0. The van der Waals surface area contributed by atoms with E-state index in [1.807, 2.05) is 30.3 Å². The van der Waals surface area contributed by atoms with Crippen molar-refractivity contribution in [3.63, 3.8) is 0 Å². The summed E-state index contributed by atoms with van der Waals surface area (Å²) in [6, 6.07) is 9.42. The van der Waals surface area contributed by atoms with Crippen LogP contribution in [-0.2, 0) is 7.05 Å². The van der Waals surface area contributed by atoms with E-state index in [0.29, 0.717) is 15.4 Å². The van der Waals surface area contributed by atoms with E-state index in [1.54, 1.807) is 16.4 Å². The molecule has 0 unspecified atom stereocenters. The van der Waals surface area contributed by atoms with Crippen LogP contribution in [0.3, 0.4) is 0 Å². The van der Waals surface area contributed by atoms with Gasteiger partial charge in [-0.05, 0) is 23.7 Å². The molecule has 0 saturated carbocycles. The number of hydrogen-bond donors (Lipinski definition) is 0. The molecule has 0 atom stereocenters. The predicted octanol–water partition coefficient (Wildman–Crippen LogP) is 2.44. The Hall–Kier alpha value is -1.59. The maximum atomic E-state index is 12.2. The lowest BCUT2D eigenvalue weighted by atomic mass is 10.3. The standard InChI is InChI=1S/C11H8ClN3OS/c1-14-9-8(13-17-10(9)12)11(16)15(14)7-5-3-2-4-6-7/h2-6H,1H3. The zero-order valence-corrected chi connectivity index (χ0v) is 10.5. The fourth-order valence-corrected chi connectivity index (χ4v) is 2.85. The highest BCUT2D eigenvalue weighted by molar-refractivity contribution is 7.12. The van der Waals surface area contributed by atoms with Crippen LogP contribution in [0.1, 0.15) is 0 Å². The molecule has 0 saturated heterocycles. The van der Waals surface area contributed by atoms with Gasteiger partial charge in [-0.2, -0.15) is 4.37 Å². The molecule has 6 heteroatoms. The zero-order chi connectivity index (χ0) is 12.0. The molecule has 86 valence electrons. The summed E-state index contributed by atoms with van der Waals surface area (Å²) in [5.74, 6) is 0. The minimum atomic E-state index is -0.142. The van der Waals surface area contributed by atoms with Crippen molar-refractivity contribution in [2.45, 2.75) is 0 Å². The van der Waals surface area contributed by atoms with Gasteiger partial charge in [0.2, 0.25) is 0 Å². The fourth-order valence-electron chi connectivity index (χ4n) is 1.88. The molecule has 0 aliphatic carbocycles. The van der Waals surface area contributed by atoms with Gasteiger partial charge in [-0.1, -0.05) is 29.8 Å². The van der Waals surface area contributed by atoms with Crippen LogP contribution in [0.15, 0.2) is 35.1 Å². The van der Waals surface area contributed by atoms with Gasteiger partial charge in [0.25, 0.3) is 5.56 Å². The Labute approximate surface area is 106 Å². The largest absolute Gasteiger partial charge is 0.299 e. The Balaban J connectivity index is 2.42. The van der Waals surface area contributed by atoms with Crippen molar-refractivity contribution in [1.82, 2.24) is 13.7 Å². The number of rotatable bonds is 1. The fraction of sp³-hybridized carbons (Fsp3) is 0.0909. The number of para-hydroxylation sites is 1. The first-order valence-electron chi connectivity index (χ1n) is 4.98. The van der Waals surface area contributed by atoms with Crippen molar-refractivity contribution >= 4 is 34.2 Å². The van der Waals surface area contributed by atoms with Crippen molar-refractivity contribution in [1.29, 1.82) is 0 Å². The first-order chi connectivity index (χ1) is 8.20. The molecule has 0 bridgehead atoms. The smallest absolute Gasteiger partial charge is 0.276 e. The summed E-state index contributed by atoms with van der Waals surface area (Å²) in [6.07, 6.45) is 0. The number of halogens is 1. The molecule has 3 rings (SSSR count). The van der Waals surface area contributed by atoms with E-state index in [4.69, 9.17) is 11.6 Å². The summed E-state index contributed by atoms with van der Waals surface area (Å²) in [7, 11) is 1.80. The molecule has 3 aromatic rings. The summed E-state index contributed by atoms with van der Waals surface area (Å²) in [4.78, 5) is 12.2. The second-order valence-electron chi connectivity index (χ2n) is 3.63. The monoisotopic (exact) mass is 265 g/mol. The van der Waals surface area contributed by atoms with Crippen LogP contribution < -0.4 is 5.56 Å². The van der Waals surface area contributed by atoms with E-state index in [2.05, 4.69) is 4.37 Å². The minimum Gasteiger partial charge on any atom is -0.276 e. The SMILES string of the molecule is Cn1c2c(Cl)snc2c(=O)n1-c1ccccc1. The van der Waals surface area contributed by atoms with Gasteiger partial charge in [-0.25, -0.2) is 4.68 Å². The second-order valence-corrected chi connectivity index (χ2v) is 5.01. The van der Waals surface area contributed by atoms with Gasteiger partial charge in [0.15, 0.2) is 5.52 Å². The lowest BCUT2D eigenvalue weighted by molar-refractivity contribution is 0.666. The summed E-state index contributed by atoms with van der Waals surface area (Å²) in [6.45, 7) is 0. The molecule has 2 aromatic heterocycles. The third-order valence-corrected chi connectivity index (χ3v) is 3.66. The third-order valence-electron chi connectivity index (χ3n) is 2.65. The lowest BCUT2D eigenvalue weighted by Gasteiger charge is -2.06. The maximum absolute atomic E-state index is 12.2. The highest BCUT2D eigenvalue weighted by Gasteiger charge is 2.17. The average molecular weight is 266 g/mol. The lowest BCUT2D eigenvalue weighted by Crippen LogP contribution is -2.19. The van der Waals surface area contributed by atoms with Gasteiger partial charge in [0, 0.05) is 7.05 Å². The van der Waals surface area contributed by atoms with E-state index in [9.17, 15) is 4.79 Å². The third kappa shape index (κ3) is 1.43. The molecule has 17 heavy (non-hydrogen) atoms. The van der Waals surface area contributed by atoms with Crippen LogP contribution >= 0.6 is 23.1 Å². The number of hydrogen-bond acceptors (Lipinski definition) is 3. The minimum absolute atomic E-state index is 0.142. The summed E-state index contributed by atoms with van der Waals surface area (Å²) < 4.78 is 7.92. The van der Waals surface area contributed by atoms with Crippen LogP contribution in [0.4, 0.5) is 0 Å². The highest BCUT2D eigenvalue weighted by atomic mass is 35.5. The molecule has 0 amide bonds. The van der Waals surface area contributed by atoms with Gasteiger partial charge in [-0.3, -0.25) is 9.48 Å².